The SMILES string of the molecule is C1COCCOCCSCCSCCOCCOCCO1.C1COCCOCCSCCSCCOCCOCCO1.O.O.O. The Labute approximate surface area is 288 Å². The zero-order valence-corrected chi connectivity index (χ0v) is 30.3. The maximum atomic E-state index is 5.50. The van der Waals surface area contributed by atoms with Crippen molar-refractivity contribution in [3.63, 3.8) is 0 Å². The molecule has 13 nitrogen and oxygen atoms in total. The highest BCUT2D eigenvalue weighted by molar-refractivity contribution is 8.03. The summed E-state index contributed by atoms with van der Waals surface area (Å²) in [6.07, 6.45) is 0. The fourth-order valence-corrected chi connectivity index (χ4v) is 6.72. The van der Waals surface area contributed by atoms with Gasteiger partial charge in [-0.3, -0.25) is 0 Å². The number of ether oxygens (including phenoxy) is 10. The minimum Gasteiger partial charge on any atom is -0.412 e. The molecule has 2 heterocycles. The first kappa shape index (κ1) is 50.3. The van der Waals surface area contributed by atoms with Crippen LogP contribution in [0.5, 0.6) is 0 Å². The summed E-state index contributed by atoms with van der Waals surface area (Å²) in [4.78, 5) is 0. The molecule has 0 amide bonds. The first-order valence-electron chi connectivity index (χ1n) is 15.1. The van der Waals surface area contributed by atoms with E-state index in [1.165, 1.54) is 23.0 Å². The quantitative estimate of drug-likeness (QED) is 0.337. The molecule has 2 saturated heterocycles. The van der Waals surface area contributed by atoms with Crippen molar-refractivity contribution in [2.24, 2.45) is 0 Å². The maximum Gasteiger partial charge on any atom is 0.0701 e. The van der Waals surface area contributed by atoms with Gasteiger partial charge >= 0.3 is 0 Å². The summed E-state index contributed by atoms with van der Waals surface area (Å²) in [5, 5.41) is 0. The van der Waals surface area contributed by atoms with Crippen LogP contribution in [-0.4, -0.2) is 195 Å². The Morgan fingerprint density at radius 3 is 0.467 bits per heavy atom. The van der Waals surface area contributed by atoms with Gasteiger partial charge in [-0.25, -0.2) is 0 Å². The van der Waals surface area contributed by atoms with E-state index in [-0.39, 0.29) is 16.4 Å². The molecule has 45 heavy (non-hydrogen) atoms. The molecule has 2 aliphatic rings. The third kappa shape index (κ3) is 44.9. The summed E-state index contributed by atoms with van der Waals surface area (Å²) in [6.45, 7) is 13.3. The number of rotatable bonds is 0. The van der Waals surface area contributed by atoms with Crippen LogP contribution in [0.1, 0.15) is 0 Å². The highest BCUT2D eigenvalue weighted by Gasteiger charge is 1.98. The molecule has 0 aromatic carbocycles. The summed E-state index contributed by atoms with van der Waals surface area (Å²) >= 11 is 7.75. The monoisotopic (exact) mass is 734 g/mol. The standard InChI is InChI=1S/2C14H28O5S2.3H2O/c2*1-3-16-5-7-18-9-11-20-13-14-21-12-10-19-8-6-17-4-2-15-1;;;/h2*1-14H2;3*1H2. The molecule has 0 unspecified atom stereocenters. The predicted octanol–water partition coefficient (Wildman–Crippen LogP) is 0.625. The van der Waals surface area contributed by atoms with Gasteiger partial charge in [0.2, 0.25) is 0 Å². The minimum atomic E-state index is 0. The third-order valence-electron chi connectivity index (χ3n) is 5.21. The second-order valence-electron chi connectivity index (χ2n) is 8.57. The van der Waals surface area contributed by atoms with Crippen molar-refractivity contribution in [3.8, 4) is 0 Å². The Bertz CT molecular complexity index is 283. The Balaban J connectivity index is -0.000000735. The van der Waals surface area contributed by atoms with E-state index < -0.39 is 0 Å². The van der Waals surface area contributed by atoms with Crippen molar-refractivity contribution < 1.29 is 63.8 Å². The highest BCUT2D eigenvalue weighted by atomic mass is 32.2. The average molecular weight is 735 g/mol. The Kier molecular flexibility index (Phi) is 52.5. The predicted molar refractivity (Wildman–Crippen MR) is 188 cm³/mol. The minimum absolute atomic E-state index is 0. The first-order chi connectivity index (χ1) is 21.0. The maximum absolute atomic E-state index is 5.50. The van der Waals surface area contributed by atoms with Gasteiger partial charge in [-0.05, 0) is 0 Å². The average Bonchev–Trinajstić information content (AvgIpc) is 3.00. The van der Waals surface area contributed by atoms with Crippen LogP contribution in [-0.2, 0) is 47.4 Å². The van der Waals surface area contributed by atoms with Gasteiger partial charge in [-0.1, -0.05) is 0 Å². The Morgan fingerprint density at radius 2 is 0.311 bits per heavy atom. The summed E-state index contributed by atoms with van der Waals surface area (Å²) in [7, 11) is 0. The summed E-state index contributed by atoms with van der Waals surface area (Å²) in [6, 6.07) is 0. The van der Waals surface area contributed by atoms with Crippen LogP contribution in [0.4, 0.5) is 0 Å². The van der Waals surface area contributed by atoms with Gasteiger partial charge in [0.15, 0.2) is 0 Å². The lowest BCUT2D eigenvalue weighted by molar-refractivity contribution is -0.00902. The smallest absolute Gasteiger partial charge is 0.0701 e. The molecular weight excluding hydrogens is 673 g/mol. The second-order valence-corrected chi connectivity index (χ2v) is 13.5. The van der Waals surface area contributed by atoms with Gasteiger partial charge in [0.05, 0.1) is 132 Å². The van der Waals surface area contributed by atoms with Crippen LogP contribution >= 0.6 is 47.0 Å². The molecule has 0 aliphatic carbocycles. The van der Waals surface area contributed by atoms with Gasteiger partial charge in [0.1, 0.15) is 0 Å². The molecular formula is C28H62O13S4. The van der Waals surface area contributed by atoms with Crippen molar-refractivity contribution in [2.45, 2.75) is 0 Å². The van der Waals surface area contributed by atoms with Gasteiger partial charge in [-0.15, -0.1) is 0 Å². The van der Waals surface area contributed by atoms with E-state index in [2.05, 4.69) is 0 Å². The van der Waals surface area contributed by atoms with Gasteiger partial charge in [-0.2, -0.15) is 47.0 Å². The summed E-state index contributed by atoms with van der Waals surface area (Å²) in [5.41, 5.74) is 0. The molecule has 0 spiro atoms. The van der Waals surface area contributed by atoms with E-state index in [1.807, 2.05) is 47.0 Å². The van der Waals surface area contributed by atoms with Crippen LogP contribution in [0.2, 0.25) is 0 Å². The zero-order valence-electron chi connectivity index (χ0n) is 27.0. The largest absolute Gasteiger partial charge is 0.412 e. The summed E-state index contributed by atoms with van der Waals surface area (Å²) in [5.74, 6) is 8.90. The molecule has 17 heteroatoms. The van der Waals surface area contributed by atoms with E-state index in [9.17, 15) is 0 Å². The third-order valence-corrected chi connectivity index (χ3v) is 9.52. The fourth-order valence-electron chi connectivity index (χ4n) is 3.08. The number of thioether (sulfide) groups is 4. The molecule has 0 bridgehead atoms. The second kappa shape index (κ2) is 47.0. The zero-order chi connectivity index (χ0) is 29.7. The van der Waals surface area contributed by atoms with Crippen molar-refractivity contribution in [1.82, 2.24) is 0 Å². The van der Waals surface area contributed by atoms with Crippen molar-refractivity contribution in [2.75, 3.05) is 178 Å². The molecule has 0 radical (unpaired) electrons. The molecule has 276 valence electrons. The first-order valence-corrected chi connectivity index (χ1v) is 19.7. The molecule has 2 aliphatic heterocycles. The van der Waals surface area contributed by atoms with Crippen LogP contribution in [0.3, 0.4) is 0 Å². The lowest BCUT2D eigenvalue weighted by Gasteiger charge is -2.07. The number of hydrogen-bond donors (Lipinski definition) is 0. The van der Waals surface area contributed by atoms with E-state index in [0.29, 0.717) is 106 Å². The Morgan fingerprint density at radius 1 is 0.178 bits per heavy atom. The van der Waals surface area contributed by atoms with Crippen molar-refractivity contribution in [1.29, 1.82) is 0 Å². The lowest BCUT2D eigenvalue weighted by atomic mass is 10.7. The lowest BCUT2D eigenvalue weighted by Crippen LogP contribution is -2.13. The molecule has 0 aromatic rings. The van der Waals surface area contributed by atoms with E-state index in [0.717, 1.165) is 49.4 Å². The molecule has 2 rings (SSSR count). The fraction of sp³-hybridized carbons (Fsp3) is 1.00. The summed E-state index contributed by atoms with van der Waals surface area (Å²) < 4.78 is 54.4. The van der Waals surface area contributed by atoms with Gasteiger partial charge in [0, 0.05) is 46.0 Å². The van der Waals surface area contributed by atoms with Gasteiger partial charge < -0.3 is 63.8 Å². The van der Waals surface area contributed by atoms with Crippen molar-refractivity contribution in [3.05, 3.63) is 0 Å². The van der Waals surface area contributed by atoms with Crippen molar-refractivity contribution >= 4 is 47.0 Å². The topological polar surface area (TPSA) is 187 Å². The number of hydrogen-bond acceptors (Lipinski definition) is 14. The molecule has 0 atom stereocenters. The van der Waals surface area contributed by atoms with Crippen LogP contribution in [0.25, 0.3) is 0 Å². The van der Waals surface area contributed by atoms with E-state index in [4.69, 9.17) is 47.4 Å². The van der Waals surface area contributed by atoms with E-state index >= 15 is 0 Å². The highest BCUT2D eigenvalue weighted by Crippen LogP contribution is 2.08. The van der Waals surface area contributed by atoms with Crippen LogP contribution in [0, 0.1) is 0 Å². The van der Waals surface area contributed by atoms with Crippen LogP contribution in [0.15, 0.2) is 0 Å². The Hall–Kier alpha value is 0.880. The van der Waals surface area contributed by atoms with Crippen LogP contribution < -0.4 is 0 Å². The molecule has 2 fully saturated rings. The van der Waals surface area contributed by atoms with E-state index in [1.54, 1.807) is 0 Å². The molecule has 0 saturated carbocycles. The van der Waals surface area contributed by atoms with Gasteiger partial charge in [0.25, 0.3) is 0 Å². The molecule has 0 aromatic heterocycles. The molecule has 6 N–H and O–H groups in total. The normalized spacial score (nSPS) is 22.4.